The van der Waals surface area contributed by atoms with E-state index < -0.39 is 27.1 Å². The first-order valence-corrected chi connectivity index (χ1v) is 10.1. The molecule has 8 nitrogen and oxygen atoms in total. The van der Waals surface area contributed by atoms with Gasteiger partial charge in [-0.3, -0.25) is 9.13 Å². The third-order valence-corrected chi connectivity index (χ3v) is 6.63. The highest BCUT2D eigenvalue weighted by atomic mass is 31.2. The van der Waals surface area contributed by atoms with E-state index in [4.69, 9.17) is 24.3 Å². The summed E-state index contributed by atoms with van der Waals surface area (Å²) >= 11 is 0. The summed E-state index contributed by atoms with van der Waals surface area (Å²) in [6, 6.07) is 3.25. The summed E-state index contributed by atoms with van der Waals surface area (Å²) in [7, 11) is -9.87. The van der Waals surface area contributed by atoms with Crippen molar-refractivity contribution in [1.82, 2.24) is 0 Å². The number of hydrogen-bond donors (Lipinski definition) is 4. The predicted octanol–water partition coefficient (Wildman–Crippen LogP) is 1.08. The lowest BCUT2D eigenvalue weighted by molar-refractivity contribution is -0.694. The molecular weight excluding hydrogens is 332 g/mol. The largest absolute Gasteiger partial charge is 0.487 e. The van der Waals surface area contributed by atoms with Gasteiger partial charge in [-0.15, -0.1) is 0 Å². The minimum atomic E-state index is -4.94. The Balaban J connectivity index is 2.84. The van der Waals surface area contributed by atoms with Gasteiger partial charge < -0.3 is 24.3 Å². The highest BCUT2D eigenvalue weighted by Crippen LogP contribution is 2.59. The molecule has 0 fully saturated rings. The van der Waals surface area contributed by atoms with Crippen LogP contribution in [-0.4, -0.2) is 31.6 Å². The van der Waals surface area contributed by atoms with E-state index in [0.29, 0.717) is 18.3 Å². The number of rotatable bonds is 8. The van der Waals surface area contributed by atoms with Crippen molar-refractivity contribution in [3.05, 3.63) is 24.5 Å². The van der Waals surface area contributed by atoms with E-state index in [9.17, 15) is 9.13 Å². The Bertz CT molecular complexity index is 559. The van der Waals surface area contributed by atoms with Gasteiger partial charge in [0.05, 0.1) is 6.61 Å². The van der Waals surface area contributed by atoms with Gasteiger partial charge in [-0.25, -0.2) is 4.57 Å². The number of ether oxygens (including phenoxy) is 1. The maximum Gasteiger partial charge on any atom is 0.347 e. The van der Waals surface area contributed by atoms with Crippen LogP contribution in [0.1, 0.15) is 20.3 Å². The summed E-state index contributed by atoms with van der Waals surface area (Å²) in [5.41, 5.74) is 0. The van der Waals surface area contributed by atoms with E-state index in [0.717, 1.165) is 6.42 Å². The van der Waals surface area contributed by atoms with Gasteiger partial charge in [0.2, 0.25) is 11.6 Å². The molecule has 0 saturated carbocycles. The minimum absolute atomic E-state index is 0.471. The molecule has 0 aromatic carbocycles. The third-order valence-electron chi connectivity index (χ3n) is 2.95. The van der Waals surface area contributed by atoms with Gasteiger partial charge in [0.25, 0.3) is 0 Å². The second-order valence-corrected chi connectivity index (χ2v) is 9.44. The van der Waals surface area contributed by atoms with Crippen molar-refractivity contribution in [3.8, 4) is 5.75 Å². The maximum atomic E-state index is 11.3. The molecular formula is C12H22NO7P2+. The molecule has 0 unspecified atom stereocenters. The average Bonchev–Trinajstić information content (AvgIpc) is 2.33. The molecule has 1 aromatic rings. The molecule has 0 atom stereocenters. The summed E-state index contributed by atoms with van der Waals surface area (Å²) < 4.78 is 29.3. The van der Waals surface area contributed by atoms with E-state index in [-0.39, 0.29) is 0 Å². The first-order chi connectivity index (χ1) is 10.00. The molecule has 10 heteroatoms. The molecule has 0 aliphatic rings. The van der Waals surface area contributed by atoms with Crippen LogP contribution in [0.4, 0.5) is 0 Å². The van der Waals surface area contributed by atoms with Crippen molar-refractivity contribution >= 4 is 15.2 Å². The second kappa shape index (κ2) is 7.68. The normalized spacial score (nSPS) is 12.9. The van der Waals surface area contributed by atoms with Gasteiger partial charge in [-0.05, 0) is 18.4 Å². The van der Waals surface area contributed by atoms with Crippen molar-refractivity contribution in [2.75, 3.05) is 6.61 Å². The highest BCUT2D eigenvalue weighted by Gasteiger charge is 2.46. The predicted molar refractivity (Wildman–Crippen MR) is 79.5 cm³/mol. The lowest BCUT2D eigenvalue weighted by atomic mass is 10.1. The van der Waals surface area contributed by atoms with Gasteiger partial charge in [0, 0.05) is 6.07 Å². The fourth-order valence-electron chi connectivity index (χ4n) is 1.71. The minimum Gasteiger partial charge on any atom is -0.487 e. The van der Waals surface area contributed by atoms with Crippen LogP contribution in [-0.2, 0) is 15.7 Å². The fraction of sp³-hybridized carbons (Fsp3) is 0.583. The lowest BCUT2D eigenvalue weighted by Crippen LogP contribution is -2.39. The smallest absolute Gasteiger partial charge is 0.347 e. The first-order valence-electron chi connectivity index (χ1n) is 6.72. The molecule has 0 saturated heterocycles. The topological polar surface area (TPSA) is 128 Å². The highest BCUT2D eigenvalue weighted by molar-refractivity contribution is 7.70. The molecule has 0 bridgehead atoms. The summed E-state index contributed by atoms with van der Waals surface area (Å²) in [5.74, 6) is 0.947. The molecule has 0 spiro atoms. The van der Waals surface area contributed by atoms with Gasteiger partial charge in [0.15, 0.2) is 18.5 Å². The van der Waals surface area contributed by atoms with Crippen molar-refractivity contribution in [2.24, 2.45) is 5.92 Å². The lowest BCUT2D eigenvalue weighted by Gasteiger charge is -2.16. The van der Waals surface area contributed by atoms with Gasteiger partial charge in [-0.1, -0.05) is 13.8 Å². The number of nitrogens with zero attached hydrogens (tertiary/aromatic N) is 1. The van der Waals surface area contributed by atoms with Crippen molar-refractivity contribution in [1.29, 1.82) is 0 Å². The van der Waals surface area contributed by atoms with E-state index >= 15 is 0 Å². The molecule has 4 N–H and O–H groups in total. The van der Waals surface area contributed by atoms with Crippen molar-refractivity contribution in [2.45, 2.75) is 32.2 Å². The summed E-state index contributed by atoms with van der Waals surface area (Å²) in [6.07, 6.45) is 3.77. The van der Waals surface area contributed by atoms with E-state index in [1.54, 1.807) is 12.1 Å². The van der Waals surface area contributed by atoms with Gasteiger partial charge in [0.1, 0.15) is 0 Å². The molecule has 0 radical (unpaired) electrons. The molecule has 126 valence electrons. The molecule has 0 aliphatic heterocycles. The molecule has 0 amide bonds. The Morgan fingerprint density at radius 1 is 1.18 bits per heavy atom. The zero-order chi connectivity index (χ0) is 17.0. The molecule has 22 heavy (non-hydrogen) atoms. The molecule has 0 aliphatic carbocycles. The van der Waals surface area contributed by atoms with Crippen LogP contribution in [0.2, 0.25) is 0 Å². The van der Waals surface area contributed by atoms with Gasteiger partial charge >= 0.3 is 15.2 Å². The standard InChI is InChI=1S/C12H21NO7P2/c1-10(2)5-7-20-11-4-3-6-13(8-11)9-12(21(14,15)16)22(17,18)19/h3-4,6,8,10,12H,5,7,9H2,1-2H3,(H3-,14,15,16,17,18,19)/p+1. The zero-order valence-corrected chi connectivity index (χ0v) is 14.2. The fourth-order valence-corrected chi connectivity index (χ4v) is 4.08. The first kappa shape index (κ1) is 19.3. The molecule has 1 heterocycles. The Labute approximate surface area is 129 Å². The van der Waals surface area contributed by atoms with E-state index in [1.807, 2.05) is 0 Å². The second-order valence-electron chi connectivity index (χ2n) is 5.43. The molecule has 1 rings (SSSR count). The van der Waals surface area contributed by atoms with Crippen molar-refractivity contribution < 1.29 is 38.0 Å². The van der Waals surface area contributed by atoms with Gasteiger partial charge in [-0.2, -0.15) is 0 Å². The van der Waals surface area contributed by atoms with Crippen molar-refractivity contribution in [3.63, 3.8) is 0 Å². The Kier molecular flexibility index (Phi) is 6.74. The number of hydrogen-bond acceptors (Lipinski definition) is 3. The number of aromatic nitrogens is 1. The van der Waals surface area contributed by atoms with E-state index in [2.05, 4.69) is 13.8 Å². The quantitative estimate of drug-likeness (QED) is 0.406. The third kappa shape index (κ3) is 6.57. The Hall–Kier alpha value is -0.750. The Morgan fingerprint density at radius 3 is 2.27 bits per heavy atom. The zero-order valence-electron chi connectivity index (χ0n) is 12.4. The van der Waals surface area contributed by atoms with E-state index in [1.165, 1.54) is 17.0 Å². The van der Waals surface area contributed by atoms with Crippen LogP contribution in [0.15, 0.2) is 24.5 Å². The maximum absolute atomic E-state index is 11.3. The summed E-state index contributed by atoms with van der Waals surface area (Å²) in [5, 5.41) is -2.07. The SMILES string of the molecule is CC(C)CCOc1ccc[n+](CC(P(=O)(O)O)P(=O)(O)O)c1. The Morgan fingerprint density at radius 2 is 1.77 bits per heavy atom. The van der Waals surface area contributed by atoms with Crippen LogP contribution in [0.5, 0.6) is 5.75 Å². The van der Waals surface area contributed by atoms with Crippen LogP contribution in [0.3, 0.4) is 0 Å². The summed E-state index contributed by atoms with van der Waals surface area (Å²) in [4.78, 5) is 36.5. The average molecular weight is 354 g/mol. The monoisotopic (exact) mass is 354 g/mol. The summed E-state index contributed by atoms with van der Waals surface area (Å²) in [6.45, 7) is 4.09. The van der Waals surface area contributed by atoms with Crippen LogP contribution in [0.25, 0.3) is 0 Å². The van der Waals surface area contributed by atoms with Crippen LogP contribution < -0.4 is 9.30 Å². The molecule has 1 aromatic heterocycles. The number of pyridine rings is 1. The van der Waals surface area contributed by atoms with Crippen LogP contribution >= 0.6 is 15.2 Å². The van der Waals surface area contributed by atoms with Crippen LogP contribution in [0, 0.1) is 5.92 Å².